The molecule has 2 unspecified atom stereocenters. The lowest BCUT2D eigenvalue weighted by atomic mass is 10.2. The Morgan fingerprint density at radius 2 is 1.89 bits per heavy atom. The second kappa shape index (κ2) is 11.6. The molecule has 27 heavy (non-hydrogen) atoms. The molecule has 0 aliphatic carbocycles. The van der Waals surface area contributed by atoms with Crippen molar-refractivity contribution in [3.05, 3.63) is 60.2 Å². The second-order valence-electron chi connectivity index (χ2n) is 6.21. The summed E-state index contributed by atoms with van der Waals surface area (Å²) in [5.41, 5.74) is 0.577. The fourth-order valence-electron chi connectivity index (χ4n) is 2.66. The van der Waals surface area contributed by atoms with E-state index in [1.165, 1.54) is 0 Å². The van der Waals surface area contributed by atoms with Crippen LogP contribution in [0.2, 0.25) is 0 Å². The Kier molecular flexibility index (Phi) is 9.16. The number of likely N-dealkylation sites (N-methyl/N-ethyl adjacent to an activating group) is 1. The molecule has 1 N–H and O–H groups in total. The highest BCUT2D eigenvalue weighted by molar-refractivity contribution is 7.91. The summed E-state index contributed by atoms with van der Waals surface area (Å²) in [7, 11) is 0. The van der Waals surface area contributed by atoms with Crippen molar-refractivity contribution in [1.82, 2.24) is 4.90 Å². The van der Waals surface area contributed by atoms with E-state index in [0.717, 1.165) is 24.4 Å². The number of hydrogen-bond acceptors (Lipinski definition) is 5. The van der Waals surface area contributed by atoms with Crippen LogP contribution in [0.1, 0.15) is 18.9 Å². The topological polar surface area (TPSA) is 79.6 Å². The molecule has 0 heterocycles. The standard InChI is InChI=1S/C21H26N2O3S/c1-2-23(13-6-14-27(25)21-7-4-3-5-8-21)16-19(24)17-26-20-11-9-18(15-22)10-12-20/h3-5,7-12,19,24H,2,6,13-14,16-17H2,1H3. The third-order valence-electron chi connectivity index (χ3n) is 4.15. The van der Waals surface area contributed by atoms with Crippen LogP contribution in [0.4, 0.5) is 0 Å². The first-order valence-corrected chi connectivity index (χ1v) is 10.4. The molecule has 0 spiro atoms. The van der Waals surface area contributed by atoms with Crippen molar-refractivity contribution in [3.8, 4) is 11.8 Å². The molecular weight excluding hydrogens is 360 g/mol. The van der Waals surface area contributed by atoms with Gasteiger partial charge in [-0.05, 0) is 54.1 Å². The molecule has 0 aliphatic heterocycles. The summed E-state index contributed by atoms with van der Waals surface area (Å²) >= 11 is -0.982. The number of benzene rings is 2. The lowest BCUT2D eigenvalue weighted by Gasteiger charge is -2.23. The number of aliphatic hydroxyl groups is 1. The molecule has 2 atom stereocenters. The van der Waals surface area contributed by atoms with Gasteiger partial charge in [0.1, 0.15) is 24.2 Å². The second-order valence-corrected chi connectivity index (χ2v) is 7.78. The van der Waals surface area contributed by atoms with Gasteiger partial charge in [-0.3, -0.25) is 0 Å². The van der Waals surface area contributed by atoms with Crippen LogP contribution in [-0.2, 0) is 11.2 Å². The van der Waals surface area contributed by atoms with Gasteiger partial charge in [0.25, 0.3) is 0 Å². The van der Waals surface area contributed by atoms with Gasteiger partial charge >= 0.3 is 0 Å². The van der Waals surface area contributed by atoms with Crippen LogP contribution in [-0.4, -0.2) is 52.7 Å². The predicted octanol–water partition coefficient (Wildman–Crippen LogP) is 2.82. The molecule has 6 heteroatoms. The summed E-state index contributed by atoms with van der Waals surface area (Å²) in [4.78, 5) is 2.99. The number of nitrogens with zero attached hydrogens (tertiary/aromatic N) is 2. The lowest BCUT2D eigenvalue weighted by molar-refractivity contribution is 0.0700. The summed E-state index contributed by atoms with van der Waals surface area (Å²) in [6.07, 6.45) is 0.193. The summed E-state index contributed by atoms with van der Waals surface area (Å²) in [6.45, 7) is 4.33. The first kappa shape index (κ1) is 21.3. The van der Waals surface area contributed by atoms with Gasteiger partial charge in [-0.25, -0.2) is 0 Å². The molecule has 0 radical (unpaired) electrons. The summed E-state index contributed by atoms with van der Waals surface area (Å²) in [5.74, 6) is 1.24. The van der Waals surface area contributed by atoms with Gasteiger partial charge in [0.15, 0.2) is 4.90 Å². The number of nitriles is 1. The van der Waals surface area contributed by atoms with E-state index >= 15 is 0 Å². The van der Waals surface area contributed by atoms with Crippen LogP contribution in [0.15, 0.2) is 59.5 Å². The molecular formula is C21H26N2O3S. The Hall–Kier alpha value is -2.04. The minimum Gasteiger partial charge on any atom is -0.611 e. The zero-order chi connectivity index (χ0) is 19.5. The monoisotopic (exact) mass is 386 g/mol. The zero-order valence-corrected chi connectivity index (χ0v) is 16.4. The Balaban J connectivity index is 1.69. The Morgan fingerprint density at radius 1 is 1.19 bits per heavy atom. The molecule has 2 aromatic rings. The summed E-state index contributed by atoms with van der Waals surface area (Å²) < 4.78 is 17.8. The third kappa shape index (κ3) is 7.61. The largest absolute Gasteiger partial charge is 0.611 e. The van der Waals surface area contributed by atoms with Crippen molar-refractivity contribution in [2.45, 2.75) is 24.3 Å². The maximum atomic E-state index is 12.2. The van der Waals surface area contributed by atoms with Crippen molar-refractivity contribution >= 4 is 11.2 Å². The van der Waals surface area contributed by atoms with Gasteiger partial charge in [-0.1, -0.05) is 25.1 Å². The van der Waals surface area contributed by atoms with E-state index in [1.54, 1.807) is 24.3 Å². The molecule has 5 nitrogen and oxygen atoms in total. The normalized spacial score (nSPS) is 13.1. The molecule has 144 valence electrons. The fraction of sp³-hybridized carbons (Fsp3) is 0.381. The van der Waals surface area contributed by atoms with Crippen molar-refractivity contribution in [3.63, 3.8) is 0 Å². The van der Waals surface area contributed by atoms with E-state index in [-0.39, 0.29) is 6.61 Å². The minimum absolute atomic E-state index is 0.193. The minimum atomic E-state index is -0.982. The Bertz CT molecular complexity index is 704. The highest BCUT2D eigenvalue weighted by Gasteiger charge is 2.14. The zero-order valence-electron chi connectivity index (χ0n) is 15.6. The van der Waals surface area contributed by atoms with Crippen LogP contribution in [0.3, 0.4) is 0 Å². The van der Waals surface area contributed by atoms with E-state index < -0.39 is 17.3 Å². The van der Waals surface area contributed by atoms with Gasteiger partial charge in [-0.15, -0.1) is 0 Å². The summed E-state index contributed by atoms with van der Waals surface area (Å²) in [6, 6.07) is 18.4. The van der Waals surface area contributed by atoms with Crippen molar-refractivity contribution in [2.75, 3.05) is 32.0 Å². The van der Waals surface area contributed by atoms with Crippen LogP contribution in [0.25, 0.3) is 0 Å². The molecule has 0 saturated heterocycles. The third-order valence-corrected chi connectivity index (χ3v) is 5.61. The molecule has 0 aromatic heterocycles. The van der Waals surface area contributed by atoms with Gasteiger partial charge in [0, 0.05) is 19.5 Å². The highest BCUT2D eigenvalue weighted by atomic mass is 32.2. The van der Waals surface area contributed by atoms with E-state index in [1.807, 2.05) is 37.3 Å². The van der Waals surface area contributed by atoms with E-state index in [4.69, 9.17) is 10.00 Å². The predicted molar refractivity (Wildman–Crippen MR) is 107 cm³/mol. The maximum Gasteiger partial charge on any atom is 0.152 e. The number of rotatable bonds is 11. The average molecular weight is 387 g/mol. The van der Waals surface area contributed by atoms with E-state index in [9.17, 15) is 9.66 Å². The SMILES string of the molecule is CCN(CCC[S+]([O-])c1ccccc1)CC(O)COc1ccc(C#N)cc1. The number of aliphatic hydroxyl groups excluding tert-OH is 1. The maximum absolute atomic E-state index is 12.2. The highest BCUT2D eigenvalue weighted by Crippen LogP contribution is 2.13. The molecule has 0 fully saturated rings. The van der Waals surface area contributed by atoms with Gasteiger partial charge in [-0.2, -0.15) is 5.26 Å². The van der Waals surface area contributed by atoms with E-state index in [2.05, 4.69) is 11.0 Å². The van der Waals surface area contributed by atoms with Crippen LogP contribution >= 0.6 is 0 Å². The summed E-state index contributed by atoms with van der Waals surface area (Å²) in [5, 5.41) is 19.0. The number of ether oxygens (including phenoxy) is 1. The Morgan fingerprint density at radius 3 is 2.52 bits per heavy atom. The van der Waals surface area contributed by atoms with E-state index in [0.29, 0.717) is 23.6 Å². The number of hydrogen-bond donors (Lipinski definition) is 1. The lowest BCUT2D eigenvalue weighted by Crippen LogP contribution is -2.36. The van der Waals surface area contributed by atoms with Crippen LogP contribution in [0, 0.1) is 11.3 Å². The molecule has 2 rings (SSSR count). The molecule has 0 amide bonds. The smallest absolute Gasteiger partial charge is 0.152 e. The Labute approximate surface area is 164 Å². The first-order chi connectivity index (χ1) is 13.1. The van der Waals surface area contributed by atoms with Gasteiger partial charge in [0.2, 0.25) is 0 Å². The van der Waals surface area contributed by atoms with Crippen molar-refractivity contribution in [1.29, 1.82) is 5.26 Å². The molecule has 0 aliphatic rings. The molecule has 0 bridgehead atoms. The van der Waals surface area contributed by atoms with Gasteiger partial charge < -0.3 is 19.3 Å². The molecule has 0 saturated carbocycles. The molecule has 2 aromatic carbocycles. The van der Waals surface area contributed by atoms with Crippen LogP contribution < -0.4 is 4.74 Å². The first-order valence-electron chi connectivity index (χ1n) is 9.09. The van der Waals surface area contributed by atoms with Crippen molar-refractivity contribution in [2.24, 2.45) is 0 Å². The fourth-order valence-corrected chi connectivity index (χ4v) is 3.74. The quantitative estimate of drug-likeness (QED) is 0.601. The van der Waals surface area contributed by atoms with Gasteiger partial charge in [0.05, 0.1) is 11.6 Å². The van der Waals surface area contributed by atoms with Crippen molar-refractivity contribution < 1.29 is 14.4 Å². The van der Waals surface area contributed by atoms with Crippen LogP contribution in [0.5, 0.6) is 5.75 Å². The average Bonchev–Trinajstić information content (AvgIpc) is 2.72.